The SMILES string of the molecule is CCNC(=O)C(C)N(Cc1ccc(C)cc1)C(=O)CN(c1ccc(F)c(Cl)c1)S(=O)(=O)c1ccccc1. The molecule has 1 N–H and O–H groups in total. The fourth-order valence-electron chi connectivity index (χ4n) is 3.68. The first-order chi connectivity index (χ1) is 17.5. The van der Waals surface area contributed by atoms with Crippen molar-refractivity contribution < 1.29 is 22.4 Å². The highest BCUT2D eigenvalue weighted by Crippen LogP contribution is 2.28. The molecule has 0 heterocycles. The Bertz CT molecular complexity index is 1350. The maximum Gasteiger partial charge on any atom is 0.264 e. The van der Waals surface area contributed by atoms with Gasteiger partial charge in [0.05, 0.1) is 15.6 Å². The predicted molar refractivity (Wildman–Crippen MR) is 142 cm³/mol. The molecule has 1 atom stereocenters. The molecule has 0 aliphatic rings. The van der Waals surface area contributed by atoms with Crippen LogP contribution in [0.2, 0.25) is 5.02 Å². The summed E-state index contributed by atoms with van der Waals surface area (Å²) >= 11 is 5.96. The number of sulfonamides is 1. The third-order valence-corrected chi connectivity index (χ3v) is 7.87. The highest BCUT2D eigenvalue weighted by atomic mass is 35.5. The minimum atomic E-state index is -4.24. The van der Waals surface area contributed by atoms with Crippen molar-refractivity contribution in [1.82, 2.24) is 10.2 Å². The van der Waals surface area contributed by atoms with Crippen LogP contribution in [0.5, 0.6) is 0 Å². The largest absolute Gasteiger partial charge is 0.355 e. The Balaban J connectivity index is 2.03. The van der Waals surface area contributed by atoms with Crippen LogP contribution in [-0.4, -0.2) is 44.3 Å². The number of aryl methyl sites for hydroxylation is 1. The number of amides is 2. The number of halogens is 2. The Kier molecular flexibility index (Phi) is 9.29. The molecule has 0 radical (unpaired) electrons. The van der Waals surface area contributed by atoms with Crippen LogP contribution in [0.3, 0.4) is 0 Å². The topological polar surface area (TPSA) is 86.8 Å². The molecule has 0 fully saturated rings. The van der Waals surface area contributed by atoms with Gasteiger partial charge < -0.3 is 10.2 Å². The molecule has 3 rings (SSSR count). The molecule has 0 saturated heterocycles. The number of nitrogens with zero attached hydrogens (tertiary/aromatic N) is 2. The first-order valence-corrected chi connectivity index (χ1v) is 13.5. The molecule has 3 aromatic carbocycles. The van der Waals surface area contributed by atoms with Gasteiger partial charge in [-0.1, -0.05) is 59.6 Å². The fourth-order valence-corrected chi connectivity index (χ4v) is 5.29. The van der Waals surface area contributed by atoms with Crippen LogP contribution >= 0.6 is 11.6 Å². The number of benzene rings is 3. The summed E-state index contributed by atoms with van der Waals surface area (Å²) in [5.74, 6) is -1.70. The van der Waals surface area contributed by atoms with Gasteiger partial charge in [-0.15, -0.1) is 0 Å². The summed E-state index contributed by atoms with van der Waals surface area (Å²) in [5.41, 5.74) is 1.83. The smallest absolute Gasteiger partial charge is 0.264 e. The summed E-state index contributed by atoms with van der Waals surface area (Å²) in [4.78, 5) is 27.7. The van der Waals surface area contributed by atoms with Crippen LogP contribution in [0.15, 0.2) is 77.7 Å². The average Bonchev–Trinajstić information content (AvgIpc) is 2.88. The number of carbonyl (C=O) groups is 2. The third-order valence-electron chi connectivity index (χ3n) is 5.79. The summed E-state index contributed by atoms with van der Waals surface area (Å²) in [6.07, 6.45) is 0. The zero-order valence-corrected chi connectivity index (χ0v) is 22.4. The van der Waals surface area contributed by atoms with Gasteiger partial charge in [-0.3, -0.25) is 13.9 Å². The van der Waals surface area contributed by atoms with E-state index in [0.29, 0.717) is 6.54 Å². The average molecular weight is 546 g/mol. The Labute approximate surface area is 221 Å². The second kappa shape index (κ2) is 12.2. The van der Waals surface area contributed by atoms with E-state index in [1.54, 1.807) is 32.0 Å². The highest BCUT2D eigenvalue weighted by Gasteiger charge is 2.32. The summed E-state index contributed by atoms with van der Waals surface area (Å²) in [6, 6.07) is 17.6. The molecule has 0 bridgehead atoms. The van der Waals surface area contributed by atoms with Gasteiger partial charge in [0.1, 0.15) is 18.4 Å². The van der Waals surface area contributed by atoms with Gasteiger partial charge in [0.15, 0.2) is 0 Å². The number of likely N-dealkylation sites (N-methyl/N-ethyl adjacent to an activating group) is 1. The third kappa shape index (κ3) is 6.87. The Morgan fingerprint density at radius 2 is 1.68 bits per heavy atom. The zero-order chi connectivity index (χ0) is 27.2. The summed E-state index contributed by atoms with van der Waals surface area (Å²) in [7, 11) is -4.24. The molecule has 0 aliphatic carbocycles. The van der Waals surface area contributed by atoms with Crippen molar-refractivity contribution in [2.24, 2.45) is 0 Å². The molecule has 7 nitrogen and oxygen atoms in total. The van der Waals surface area contributed by atoms with Crippen LogP contribution < -0.4 is 9.62 Å². The van der Waals surface area contributed by atoms with E-state index in [1.165, 1.54) is 23.1 Å². The number of anilines is 1. The van der Waals surface area contributed by atoms with E-state index >= 15 is 0 Å². The van der Waals surface area contributed by atoms with Crippen LogP contribution in [0, 0.1) is 12.7 Å². The molecular formula is C27H29ClFN3O4S. The minimum Gasteiger partial charge on any atom is -0.355 e. The van der Waals surface area contributed by atoms with E-state index < -0.39 is 34.3 Å². The van der Waals surface area contributed by atoms with Crippen LogP contribution in [0.25, 0.3) is 0 Å². The molecule has 0 saturated carbocycles. The molecule has 10 heteroatoms. The van der Waals surface area contributed by atoms with Gasteiger partial charge in [0.2, 0.25) is 11.8 Å². The van der Waals surface area contributed by atoms with Crippen LogP contribution in [0.1, 0.15) is 25.0 Å². The van der Waals surface area contributed by atoms with Crippen molar-refractivity contribution in [3.63, 3.8) is 0 Å². The van der Waals surface area contributed by atoms with E-state index in [4.69, 9.17) is 11.6 Å². The Morgan fingerprint density at radius 3 is 2.27 bits per heavy atom. The van der Waals surface area contributed by atoms with E-state index in [-0.39, 0.29) is 28.1 Å². The van der Waals surface area contributed by atoms with Gasteiger partial charge in [-0.05, 0) is 56.7 Å². The lowest BCUT2D eigenvalue weighted by molar-refractivity contribution is -0.139. The van der Waals surface area contributed by atoms with Crippen molar-refractivity contribution in [2.75, 3.05) is 17.4 Å². The van der Waals surface area contributed by atoms with Crippen LogP contribution in [-0.2, 0) is 26.2 Å². The quantitative estimate of drug-likeness (QED) is 0.405. The van der Waals surface area contributed by atoms with Gasteiger partial charge in [0.25, 0.3) is 10.0 Å². The Hall–Kier alpha value is -3.43. The van der Waals surface area contributed by atoms with E-state index in [1.807, 2.05) is 31.2 Å². The van der Waals surface area contributed by atoms with Gasteiger partial charge in [-0.2, -0.15) is 0 Å². The number of hydrogen-bond acceptors (Lipinski definition) is 4. The first kappa shape index (κ1) is 28.1. The van der Waals surface area contributed by atoms with Crippen molar-refractivity contribution in [3.8, 4) is 0 Å². The van der Waals surface area contributed by atoms with Gasteiger partial charge >= 0.3 is 0 Å². The second-order valence-corrected chi connectivity index (χ2v) is 10.8. The predicted octanol–water partition coefficient (Wildman–Crippen LogP) is 4.54. The standard InChI is InChI=1S/C27H29ClFN3O4S/c1-4-30-27(34)20(3)31(17-21-12-10-19(2)11-13-21)26(33)18-32(22-14-15-25(29)24(28)16-22)37(35,36)23-8-6-5-7-9-23/h5-16,20H,4,17-18H2,1-3H3,(H,30,34). The minimum absolute atomic E-state index is 0.0181. The van der Waals surface area contributed by atoms with Crippen molar-refractivity contribution in [3.05, 3.63) is 94.8 Å². The van der Waals surface area contributed by atoms with Crippen molar-refractivity contribution in [2.45, 2.75) is 38.3 Å². The summed E-state index contributed by atoms with van der Waals surface area (Å²) in [5, 5.41) is 2.42. The molecule has 37 heavy (non-hydrogen) atoms. The first-order valence-electron chi connectivity index (χ1n) is 11.7. The van der Waals surface area contributed by atoms with Crippen molar-refractivity contribution in [1.29, 1.82) is 0 Å². The highest BCUT2D eigenvalue weighted by molar-refractivity contribution is 7.92. The number of carbonyl (C=O) groups excluding carboxylic acids is 2. The van der Waals surface area contributed by atoms with E-state index in [0.717, 1.165) is 27.6 Å². The molecule has 0 spiro atoms. The lowest BCUT2D eigenvalue weighted by Crippen LogP contribution is -2.51. The van der Waals surface area contributed by atoms with E-state index in [9.17, 15) is 22.4 Å². The maximum atomic E-state index is 13.9. The van der Waals surface area contributed by atoms with Gasteiger partial charge in [-0.25, -0.2) is 12.8 Å². The summed E-state index contributed by atoms with van der Waals surface area (Å²) in [6.45, 7) is 5.11. The summed E-state index contributed by atoms with van der Waals surface area (Å²) < 4.78 is 42.0. The Morgan fingerprint density at radius 1 is 1.03 bits per heavy atom. The fraction of sp³-hybridized carbons (Fsp3) is 0.259. The maximum absolute atomic E-state index is 13.9. The van der Waals surface area contributed by atoms with Crippen LogP contribution in [0.4, 0.5) is 10.1 Å². The lowest BCUT2D eigenvalue weighted by atomic mass is 10.1. The number of rotatable bonds is 10. The monoisotopic (exact) mass is 545 g/mol. The molecule has 1 unspecified atom stereocenters. The molecule has 3 aromatic rings. The molecule has 0 aromatic heterocycles. The lowest BCUT2D eigenvalue weighted by Gasteiger charge is -2.32. The van der Waals surface area contributed by atoms with Gasteiger partial charge in [0, 0.05) is 13.1 Å². The molecule has 196 valence electrons. The van der Waals surface area contributed by atoms with E-state index in [2.05, 4.69) is 5.32 Å². The molecular weight excluding hydrogens is 517 g/mol. The number of hydrogen-bond donors (Lipinski definition) is 1. The van der Waals surface area contributed by atoms with Crippen molar-refractivity contribution >= 4 is 39.1 Å². The normalized spacial score (nSPS) is 12.0. The number of nitrogens with one attached hydrogen (secondary N) is 1. The second-order valence-electron chi connectivity index (χ2n) is 8.50. The molecule has 0 aliphatic heterocycles. The molecule has 2 amide bonds. The zero-order valence-electron chi connectivity index (χ0n) is 20.8.